The lowest BCUT2D eigenvalue weighted by atomic mass is 9.70. The fraction of sp³-hybridized carbons (Fsp3) is 0.929. The van der Waals surface area contributed by atoms with Crippen LogP contribution in [0.1, 0.15) is 53.4 Å². The van der Waals surface area contributed by atoms with E-state index < -0.39 is 9.75 Å². The highest BCUT2D eigenvalue weighted by Gasteiger charge is 2.68. The lowest BCUT2D eigenvalue weighted by Gasteiger charge is -2.39. The summed E-state index contributed by atoms with van der Waals surface area (Å²) in [6.07, 6.45) is 3.88. The maximum atomic E-state index is 12.2. The summed E-state index contributed by atoms with van der Waals surface area (Å²) >= 11 is 12.1. The molecule has 1 N–H and O–H groups in total. The van der Waals surface area contributed by atoms with Gasteiger partial charge in [0.2, 0.25) is 5.91 Å². The summed E-state index contributed by atoms with van der Waals surface area (Å²) < 4.78 is -0.868. The summed E-state index contributed by atoms with van der Waals surface area (Å²) in [5.74, 6) is 0.671. The average molecular weight is 292 g/mol. The molecule has 1 amide bonds. The fourth-order valence-corrected chi connectivity index (χ4v) is 4.15. The summed E-state index contributed by atoms with van der Waals surface area (Å²) in [5, 5.41) is 3.16. The Morgan fingerprint density at radius 3 is 2.22 bits per heavy atom. The van der Waals surface area contributed by atoms with Crippen LogP contribution < -0.4 is 5.32 Å². The van der Waals surface area contributed by atoms with E-state index in [0.29, 0.717) is 17.8 Å². The second kappa shape index (κ2) is 4.28. The fourth-order valence-electron chi connectivity index (χ4n) is 3.45. The number of halogens is 2. The molecule has 0 radical (unpaired) electrons. The Kier molecular flexibility index (Phi) is 3.43. The van der Waals surface area contributed by atoms with Crippen molar-refractivity contribution in [3.63, 3.8) is 0 Å². The second-order valence-corrected chi connectivity index (χ2v) is 8.78. The van der Waals surface area contributed by atoms with Crippen LogP contribution in [0.4, 0.5) is 0 Å². The number of rotatable bonds is 2. The standard InChI is InChI=1S/C14H23Cl2NO/c1-9-5-10(7-12(2,3)6-9)17-11(18)13(4)8-14(13,15)16/h9-10H,5-8H2,1-4H3,(H,17,18)/t9-,10+,13-/m0/s1. The maximum absolute atomic E-state index is 12.2. The number of carbonyl (C=O) groups is 1. The zero-order valence-corrected chi connectivity index (χ0v) is 13.2. The Balaban J connectivity index is 1.96. The molecule has 2 rings (SSSR count). The van der Waals surface area contributed by atoms with E-state index in [-0.39, 0.29) is 11.9 Å². The molecule has 2 nitrogen and oxygen atoms in total. The van der Waals surface area contributed by atoms with Crippen LogP contribution in [0, 0.1) is 16.7 Å². The van der Waals surface area contributed by atoms with Gasteiger partial charge in [0.1, 0.15) is 4.33 Å². The van der Waals surface area contributed by atoms with Crippen molar-refractivity contribution in [2.24, 2.45) is 16.7 Å². The molecule has 18 heavy (non-hydrogen) atoms. The molecule has 2 aliphatic carbocycles. The van der Waals surface area contributed by atoms with Crippen LogP contribution >= 0.6 is 23.2 Å². The van der Waals surface area contributed by atoms with Crippen LogP contribution in [0.5, 0.6) is 0 Å². The SMILES string of the molecule is C[C@H]1C[C@@H](NC(=O)[C@]2(C)CC2(Cl)Cl)CC(C)(C)C1. The maximum Gasteiger partial charge on any atom is 0.229 e. The van der Waals surface area contributed by atoms with E-state index >= 15 is 0 Å². The average Bonchev–Trinajstić information content (AvgIpc) is 2.63. The topological polar surface area (TPSA) is 29.1 Å². The zero-order valence-electron chi connectivity index (χ0n) is 11.6. The lowest BCUT2D eigenvalue weighted by molar-refractivity contribution is -0.127. The van der Waals surface area contributed by atoms with E-state index in [4.69, 9.17) is 23.2 Å². The third kappa shape index (κ3) is 2.65. The van der Waals surface area contributed by atoms with Crippen LogP contribution in [-0.4, -0.2) is 16.3 Å². The molecule has 4 heteroatoms. The predicted octanol–water partition coefficient (Wildman–Crippen LogP) is 3.90. The highest BCUT2D eigenvalue weighted by Crippen LogP contribution is 2.63. The highest BCUT2D eigenvalue weighted by molar-refractivity contribution is 6.53. The monoisotopic (exact) mass is 291 g/mol. The van der Waals surface area contributed by atoms with E-state index in [2.05, 4.69) is 26.1 Å². The van der Waals surface area contributed by atoms with Gasteiger partial charge in [0.25, 0.3) is 0 Å². The van der Waals surface area contributed by atoms with Crippen LogP contribution in [0.15, 0.2) is 0 Å². The molecule has 0 aromatic rings. The first-order valence-corrected chi connectivity index (χ1v) is 7.50. The lowest BCUT2D eigenvalue weighted by Crippen LogP contribution is -2.46. The van der Waals surface area contributed by atoms with Crippen molar-refractivity contribution in [2.75, 3.05) is 0 Å². The van der Waals surface area contributed by atoms with Gasteiger partial charge in [0.05, 0.1) is 5.41 Å². The molecule has 0 aromatic carbocycles. The molecule has 104 valence electrons. The van der Waals surface area contributed by atoms with Gasteiger partial charge >= 0.3 is 0 Å². The van der Waals surface area contributed by atoms with Gasteiger partial charge in [0, 0.05) is 6.04 Å². The van der Waals surface area contributed by atoms with E-state index in [1.54, 1.807) is 0 Å². The number of amides is 1. The van der Waals surface area contributed by atoms with Crippen LogP contribution in [0.25, 0.3) is 0 Å². The van der Waals surface area contributed by atoms with Crippen molar-refractivity contribution < 1.29 is 4.79 Å². The third-order valence-corrected chi connectivity index (χ3v) is 5.58. The summed E-state index contributed by atoms with van der Waals surface area (Å²) in [6.45, 7) is 8.65. The van der Waals surface area contributed by atoms with Crippen molar-refractivity contribution in [2.45, 2.75) is 63.8 Å². The molecular formula is C14H23Cl2NO. The number of nitrogens with one attached hydrogen (secondary N) is 1. The van der Waals surface area contributed by atoms with Crippen molar-refractivity contribution in [1.29, 1.82) is 0 Å². The predicted molar refractivity (Wildman–Crippen MR) is 75.9 cm³/mol. The molecule has 2 saturated carbocycles. The molecule has 0 unspecified atom stereocenters. The molecule has 0 aliphatic heterocycles. The Bertz CT molecular complexity index is 367. The molecule has 0 bridgehead atoms. The Morgan fingerprint density at radius 2 is 1.78 bits per heavy atom. The Labute approximate surface area is 120 Å². The minimum absolute atomic E-state index is 0.0161. The molecule has 2 fully saturated rings. The smallest absolute Gasteiger partial charge is 0.229 e. The zero-order chi connectivity index (χ0) is 13.8. The van der Waals surface area contributed by atoms with Gasteiger partial charge < -0.3 is 5.32 Å². The van der Waals surface area contributed by atoms with Gasteiger partial charge in [-0.15, -0.1) is 23.2 Å². The second-order valence-electron chi connectivity index (χ2n) is 7.30. The van der Waals surface area contributed by atoms with Crippen LogP contribution in [-0.2, 0) is 4.79 Å². The normalized spacial score (nSPS) is 41.2. The highest BCUT2D eigenvalue weighted by atomic mass is 35.5. The third-order valence-electron chi connectivity index (χ3n) is 4.48. The van der Waals surface area contributed by atoms with Crippen molar-refractivity contribution >= 4 is 29.1 Å². The first-order valence-electron chi connectivity index (χ1n) is 6.75. The summed E-state index contributed by atoms with van der Waals surface area (Å²) in [6, 6.07) is 0.262. The molecule has 2 aliphatic rings. The van der Waals surface area contributed by atoms with E-state index in [1.807, 2.05) is 6.92 Å². The first-order chi connectivity index (χ1) is 8.06. The molecule has 0 spiro atoms. The number of hydrogen-bond donors (Lipinski definition) is 1. The van der Waals surface area contributed by atoms with Crippen molar-refractivity contribution in [3.05, 3.63) is 0 Å². The van der Waals surface area contributed by atoms with Crippen molar-refractivity contribution in [3.8, 4) is 0 Å². The van der Waals surface area contributed by atoms with Crippen molar-refractivity contribution in [1.82, 2.24) is 5.32 Å². The first kappa shape index (κ1) is 14.5. The Hall–Kier alpha value is 0.0500. The number of carbonyl (C=O) groups excluding carboxylic acids is 1. The number of alkyl halides is 2. The minimum Gasteiger partial charge on any atom is -0.353 e. The van der Waals surface area contributed by atoms with Gasteiger partial charge in [-0.1, -0.05) is 20.8 Å². The van der Waals surface area contributed by atoms with Crippen LogP contribution in [0.3, 0.4) is 0 Å². The molecule has 0 heterocycles. The van der Waals surface area contributed by atoms with Gasteiger partial charge in [-0.2, -0.15) is 0 Å². The molecule has 0 saturated heterocycles. The van der Waals surface area contributed by atoms with Crippen LogP contribution in [0.2, 0.25) is 0 Å². The number of hydrogen-bond acceptors (Lipinski definition) is 1. The quantitative estimate of drug-likeness (QED) is 0.768. The molecule has 3 atom stereocenters. The summed E-state index contributed by atoms with van der Waals surface area (Å²) in [4.78, 5) is 12.2. The van der Waals surface area contributed by atoms with Gasteiger partial charge in [-0.3, -0.25) is 4.79 Å². The largest absolute Gasteiger partial charge is 0.353 e. The molecule has 0 aromatic heterocycles. The van der Waals surface area contributed by atoms with Gasteiger partial charge in [-0.25, -0.2) is 0 Å². The Morgan fingerprint density at radius 1 is 1.22 bits per heavy atom. The van der Waals surface area contributed by atoms with E-state index in [1.165, 1.54) is 6.42 Å². The molecular weight excluding hydrogens is 269 g/mol. The summed E-state index contributed by atoms with van der Waals surface area (Å²) in [7, 11) is 0. The summed E-state index contributed by atoms with van der Waals surface area (Å²) in [5.41, 5.74) is -0.292. The van der Waals surface area contributed by atoms with Gasteiger partial charge in [-0.05, 0) is 43.9 Å². The minimum atomic E-state index is -0.868. The van der Waals surface area contributed by atoms with E-state index in [0.717, 1.165) is 12.8 Å². The van der Waals surface area contributed by atoms with Gasteiger partial charge in [0.15, 0.2) is 0 Å². The van der Waals surface area contributed by atoms with E-state index in [9.17, 15) is 4.79 Å².